The number of allylic oxidation sites excluding steroid dienone is 1. The third-order valence-electron chi connectivity index (χ3n) is 5.41. The predicted molar refractivity (Wildman–Crippen MR) is 122 cm³/mol. The van der Waals surface area contributed by atoms with E-state index in [1.54, 1.807) is 12.4 Å². The highest BCUT2D eigenvalue weighted by atomic mass is 16.5. The molecule has 0 saturated heterocycles. The van der Waals surface area contributed by atoms with Gasteiger partial charge in [0.2, 0.25) is 0 Å². The summed E-state index contributed by atoms with van der Waals surface area (Å²) in [6.07, 6.45) is 6.49. The molecule has 31 heavy (non-hydrogen) atoms. The van der Waals surface area contributed by atoms with Gasteiger partial charge in [-0.3, -0.25) is 9.97 Å². The summed E-state index contributed by atoms with van der Waals surface area (Å²) < 4.78 is 5.56. The normalized spacial score (nSPS) is 14.2. The standard InChI is InChI=1S/C23H27N7O/c1-14(2)23(5,22-29-21(31-30-22)17-7-6-15(3)26-11-17)19-8-9-20(28-13-19)18(10-24)12-27-16(4)25/h6-14H,4,24-25H2,1-3,5H3/b18-10+,27-12-. The third-order valence-corrected chi connectivity index (χ3v) is 5.41. The van der Waals surface area contributed by atoms with Gasteiger partial charge in [0.25, 0.3) is 5.89 Å². The quantitative estimate of drug-likeness (QED) is 0.562. The molecule has 3 aromatic heterocycles. The van der Waals surface area contributed by atoms with Crippen molar-refractivity contribution in [3.05, 3.63) is 78.0 Å². The molecule has 0 spiro atoms. The molecular weight excluding hydrogens is 390 g/mol. The number of nitrogens with two attached hydrogens (primary N) is 2. The highest BCUT2D eigenvalue weighted by Gasteiger charge is 2.38. The third kappa shape index (κ3) is 4.53. The first-order chi connectivity index (χ1) is 14.8. The van der Waals surface area contributed by atoms with Crippen molar-refractivity contribution in [3.63, 3.8) is 0 Å². The van der Waals surface area contributed by atoms with Crippen LogP contribution in [-0.2, 0) is 5.41 Å². The van der Waals surface area contributed by atoms with Crippen molar-refractivity contribution in [1.82, 2.24) is 20.1 Å². The van der Waals surface area contributed by atoms with Crippen molar-refractivity contribution in [3.8, 4) is 11.5 Å². The Balaban J connectivity index is 1.96. The molecule has 1 atom stereocenters. The van der Waals surface area contributed by atoms with E-state index < -0.39 is 5.41 Å². The maximum absolute atomic E-state index is 5.72. The minimum atomic E-state index is -0.516. The summed E-state index contributed by atoms with van der Waals surface area (Å²) in [6, 6.07) is 7.70. The topological polar surface area (TPSA) is 129 Å². The molecule has 4 N–H and O–H groups in total. The summed E-state index contributed by atoms with van der Waals surface area (Å²) in [6.45, 7) is 11.8. The Morgan fingerprint density at radius 2 is 1.97 bits per heavy atom. The molecule has 160 valence electrons. The second-order valence-corrected chi connectivity index (χ2v) is 7.77. The zero-order valence-electron chi connectivity index (χ0n) is 18.2. The van der Waals surface area contributed by atoms with Crippen molar-refractivity contribution in [2.45, 2.75) is 33.1 Å². The molecule has 0 fully saturated rings. The molecule has 0 radical (unpaired) electrons. The van der Waals surface area contributed by atoms with Crippen LogP contribution in [0.2, 0.25) is 0 Å². The Labute approximate surface area is 181 Å². The zero-order valence-corrected chi connectivity index (χ0v) is 18.2. The summed E-state index contributed by atoms with van der Waals surface area (Å²) in [5, 5.41) is 4.29. The largest absolute Gasteiger partial charge is 0.404 e. The summed E-state index contributed by atoms with van der Waals surface area (Å²) >= 11 is 0. The molecule has 0 saturated carbocycles. The van der Waals surface area contributed by atoms with Gasteiger partial charge in [-0.15, -0.1) is 0 Å². The van der Waals surface area contributed by atoms with E-state index in [0.717, 1.165) is 16.8 Å². The fourth-order valence-electron chi connectivity index (χ4n) is 3.09. The van der Waals surface area contributed by atoms with Gasteiger partial charge in [-0.1, -0.05) is 31.6 Å². The molecule has 3 heterocycles. The predicted octanol–water partition coefficient (Wildman–Crippen LogP) is 3.60. The van der Waals surface area contributed by atoms with Crippen LogP contribution in [0.3, 0.4) is 0 Å². The molecule has 0 aliphatic heterocycles. The van der Waals surface area contributed by atoms with Crippen LogP contribution in [0.4, 0.5) is 0 Å². The number of hydrogen-bond donors (Lipinski definition) is 2. The summed E-state index contributed by atoms with van der Waals surface area (Å²) in [7, 11) is 0. The maximum Gasteiger partial charge on any atom is 0.259 e. The molecule has 8 nitrogen and oxygen atoms in total. The highest BCUT2D eigenvalue weighted by Crippen LogP contribution is 2.38. The minimum Gasteiger partial charge on any atom is -0.404 e. The van der Waals surface area contributed by atoms with Crippen LogP contribution in [0, 0.1) is 12.8 Å². The van der Waals surface area contributed by atoms with Gasteiger partial charge in [0.05, 0.1) is 16.7 Å². The lowest BCUT2D eigenvalue weighted by atomic mass is 9.73. The molecular formula is C23H27N7O. The molecule has 0 aliphatic rings. The van der Waals surface area contributed by atoms with E-state index in [1.165, 1.54) is 12.4 Å². The van der Waals surface area contributed by atoms with Gasteiger partial charge in [-0.25, -0.2) is 4.99 Å². The molecule has 0 bridgehead atoms. The second-order valence-electron chi connectivity index (χ2n) is 7.77. The van der Waals surface area contributed by atoms with E-state index in [1.807, 2.05) is 31.2 Å². The number of aromatic nitrogens is 4. The van der Waals surface area contributed by atoms with Gasteiger partial charge in [0, 0.05) is 36.1 Å². The van der Waals surface area contributed by atoms with Gasteiger partial charge < -0.3 is 16.0 Å². The molecule has 1 unspecified atom stereocenters. The first-order valence-corrected chi connectivity index (χ1v) is 9.90. The Bertz CT molecular complexity index is 1110. The molecule has 3 aromatic rings. The van der Waals surface area contributed by atoms with Crippen LogP contribution in [0.1, 0.15) is 43.5 Å². The molecule has 8 heteroatoms. The van der Waals surface area contributed by atoms with Crippen molar-refractivity contribution >= 4 is 11.8 Å². The monoisotopic (exact) mass is 417 g/mol. The van der Waals surface area contributed by atoms with Gasteiger partial charge in [-0.2, -0.15) is 4.98 Å². The summed E-state index contributed by atoms with van der Waals surface area (Å²) in [5.41, 5.74) is 14.7. The van der Waals surface area contributed by atoms with Gasteiger partial charge in [0.1, 0.15) is 5.82 Å². The Kier molecular flexibility index (Phi) is 6.29. The first kappa shape index (κ1) is 21.9. The average Bonchev–Trinajstić information content (AvgIpc) is 3.25. The first-order valence-electron chi connectivity index (χ1n) is 9.90. The lowest BCUT2D eigenvalue weighted by Crippen LogP contribution is -2.31. The fraction of sp³-hybridized carbons (Fsp3) is 0.261. The highest BCUT2D eigenvalue weighted by molar-refractivity contribution is 6.09. The van der Waals surface area contributed by atoms with Crippen LogP contribution in [0.5, 0.6) is 0 Å². The number of nitrogens with zero attached hydrogens (tertiary/aromatic N) is 5. The number of hydrogen-bond acceptors (Lipinski definition) is 8. The Morgan fingerprint density at radius 3 is 2.52 bits per heavy atom. The van der Waals surface area contributed by atoms with Crippen LogP contribution in [-0.4, -0.2) is 26.3 Å². The van der Waals surface area contributed by atoms with Gasteiger partial charge >= 0.3 is 0 Å². The van der Waals surface area contributed by atoms with E-state index in [9.17, 15) is 0 Å². The Morgan fingerprint density at radius 1 is 1.19 bits per heavy atom. The van der Waals surface area contributed by atoms with Crippen LogP contribution >= 0.6 is 0 Å². The van der Waals surface area contributed by atoms with Gasteiger partial charge in [-0.05, 0) is 43.5 Å². The summed E-state index contributed by atoms with van der Waals surface area (Å²) in [4.78, 5) is 17.5. The number of pyridine rings is 2. The van der Waals surface area contributed by atoms with Crippen molar-refractivity contribution < 1.29 is 4.52 Å². The number of aryl methyl sites for hydroxylation is 1. The number of rotatable bonds is 7. The van der Waals surface area contributed by atoms with Crippen molar-refractivity contribution in [1.29, 1.82) is 0 Å². The maximum atomic E-state index is 5.72. The lowest BCUT2D eigenvalue weighted by molar-refractivity contribution is 0.350. The Hall–Kier alpha value is -3.81. The molecule has 0 aromatic carbocycles. The van der Waals surface area contributed by atoms with E-state index in [4.69, 9.17) is 16.0 Å². The van der Waals surface area contributed by atoms with E-state index in [0.29, 0.717) is 23.0 Å². The van der Waals surface area contributed by atoms with E-state index in [-0.39, 0.29) is 11.7 Å². The second kappa shape index (κ2) is 8.91. The number of aliphatic imine (C=N–C) groups is 1. The van der Waals surface area contributed by atoms with Crippen molar-refractivity contribution in [2.75, 3.05) is 0 Å². The fourth-order valence-corrected chi connectivity index (χ4v) is 3.09. The average molecular weight is 418 g/mol. The van der Waals surface area contributed by atoms with E-state index >= 15 is 0 Å². The summed E-state index contributed by atoms with van der Waals surface area (Å²) in [5.74, 6) is 1.39. The molecule has 0 amide bonds. The lowest BCUT2D eigenvalue weighted by Gasteiger charge is -2.30. The molecule has 3 rings (SSSR count). The van der Waals surface area contributed by atoms with Crippen LogP contribution in [0.15, 0.2) is 64.8 Å². The van der Waals surface area contributed by atoms with E-state index in [2.05, 4.69) is 52.5 Å². The zero-order chi connectivity index (χ0) is 22.6. The van der Waals surface area contributed by atoms with Crippen molar-refractivity contribution in [2.24, 2.45) is 22.4 Å². The van der Waals surface area contributed by atoms with Crippen LogP contribution < -0.4 is 11.5 Å². The molecule has 0 aliphatic carbocycles. The van der Waals surface area contributed by atoms with Gasteiger partial charge in [0.15, 0.2) is 5.82 Å². The smallest absolute Gasteiger partial charge is 0.259 e. The SMILES string of the molecule is C=C(N)/N=C\C(=C/N)c1ccc(C(C)(c2noc(-c3ccc(C)nc3)n2)C(C)C)cn1. The van der Waals surface area contributed by atoms with Crippen LogP contribution in [0.25, 0.3) is 17.0 Å². The minimum absolute atomic E-state index is 0.174.